The lowest BCUT2D eigenvalue weighted by Gasteiger charge is -2.38. The van der Waals surface area contributed by atoms with E-state index < -0.39 is 10.0 Å². The van der Waals surface area contributed by atoms with E-state index in [1.54, 1.807) is 19.2 Å². The Labute approximate surface area is 161 Å². The first-order valence-corrected chi connectivity index (χ1v) is 11.3. The summed E-state index contributed by atoms with van der Waals surface area (Å²) >= 11 is 0. The molecule has 0 spiro atoms. The Balaban J connectivity index is 1.60. The summed E-state index contributed by atoms with van der Waals surface area (Å²) in [6, 6.07) is 5.07. The van der Waals surface area contributed by atoms with Gasteiger partial charge in [-0.25, -0.2) is 8.42 Å². The first-order valence-electron chi connectivity index (χ1n) is 9.88. The number of anilines is 1. The van der Waals surface area contributed by atoms with Crippen LogP contribution in [0.1, 0.15) is 49.9 Å². The van der Waals surface area contributed by atoms with Crippen LogP contribution in [0.25, 0.3) is 0 Å². The van der Waals surface area contributed by atoms with Crippen LogP contribution in [0, 0.1) is 17.3 Å². The van der Waals surface area contributed by atoms with E-state index >= 15 is 0 Å². The first kappa shape index (κ1) is 18.7. The van der Waals surface area contributed by atoms with E-state index in [1.165, 1.54) is 29.6 Å². The van der Waals surface area contributed by atoms with Gasteiger partial charge in [-0.2, -0.15) is 4.31 Å². The number of hydrogen-bond acceptors (Lipinski definition) is 4. The van der Waals surface area contributed by atoms with Gasteiger partial charge in [0.2, 0.25) is 10.0 Å². The lowest BCUT2D eigenvalue weighted by atomic mass is 9.73. The lowest BCUT2D eigenvalue weighted by Crippen LogP contribution is -2.48. The molecule has 1 saturated heterocycles. The maximum Gasteiger partial charge on any atom is 0.251 e. The minimum atomic E-state index is -3.57. The molecule has 3 atom stereocenters. The van der Waals surface area contributed by atoms with Crippen molar-refractivity contribution in [2.75, 3.05) is 25.5 Å². The second kappa shape index (κ2) is 6.48. The minimum absolute atomic E-state index is 0.0933. The van der Waals surface area contributed by atoms with Gasteiger partial charge in [-0.15, -0.1) is 0 Å². The highest BCUT2D eigenvalue weighted by Gasteiger charge is 2.53. The van der Waals surface area contributed by atoms with Crippen molar-refractivity contribution in [1.82, 2.24) is 9.62 Å². The number of nitrogens with zero attached hydrogens (tertiary/aromatic N) is 1. The molecule has 1 heterocycles. The zero-order valence-corrected chi connectivity index (χ0v) is 17.1. The predicted octanol–water partition coefficient (Wildman–Crippen LogP) is 2.68. The Hall–Kier alpha value is -1.60. The van der Waals surface area contributed by atoms with Crippen LogP contribution in [-0.2, 0) is 10.0 Å². The molecule has 3 fully saturated rings. The van der Waals surface area contributed by atoms with Gasteiger partial charge in [-0.05, 0) is 61.1 Å². The second-order valence-corrected chi connectivity index (χ2v) is 10.7. The van der Waals surface area contributed by atoms with Crippen molar-refractivity contribution >= 4 is 21.6 Å². The third kappa shape index (κ3) is 2.95. The molecule has 2 N–H and O–H groups in total. The zero-order chi connectivity index (χ0) is 19.4. The Morgan fingerprint density at radius 3 is 2.52 bits per heavy atom. The number of amides is 1. The van der Waals surface area contributed by atoms with Gasteiger partial charge in [0.25, 0.3) is 5.91 Å². The summed E-state index contributed by atoms with van der Waals surface area (Å²) in [6.07, 6.45) is 4.49. The normalized spacial score (nSPS) is 29.4. The van der Waals surface area contributed by atoms with Crippen molar-refractivity contribution in [1.29, 1.82) is 0 Å². The van der Waals surface area contributed by atoms with E-state index in [0.717, 1.165) is 6.42 Å². The molecule has 0 radical (unpaired) electrons. The van der Waals surface area contributed by atoms with Crippen LogP contribution >= 0.6 is 0 Å². The van der Waals surface area contributed by atoms with Gasteiger partial charge < -0.3 is 10.6 Å². The van der Waals surface area contributed by atoms with E-state index in [-0.39, 0.29) is 22.3 Å². The molecule has 4 rings (SSSR count). The number of rotatable bonds is 5. The summed E-state index contributed by atoms with van der Waals surface area (Å²) in [5.41, 5.74) is 1.03. The number of fused-ring (bicyclic) bond motifs is 2. The van der Waals surface area contributed by atoms with Crippen molar-refractivity contribution < 1.29 is 13.2 Å². The van der Waals surface area contributed by atoms with Crippen LogP contribution in [0.4, 0.5) is 5.69 Å². The average molecular weight is 392 g/mol. The molecule has 27 heavy (non-hydrogen) atoms. The summed E-state index contributed by atoms with van der Waals surface area (Å²) in [5, 5.41) is 6.16. The quantitative estimate of drug-likeness (QED) is 0.809. The number of nitrogens with one attached hydrogen (secondary N) is 2. The van der Waals surface area contributed by atoms with E-state index in [1.807, 2.05) is 0 Å². The summed E-state index contributed by atoms with van der Waals surface area (Å²) in [4.78, 5) is 13.1. The molecule has 2 bridgehead atoms. The second-order valence-electron chi connectivity index (χ2n) is 8.76. The van der Waals surface area contributed by atoms with Crippen LogP contribution in [-0.4, -0.2) is 44.8 Å². The molecule has 3 aliphatic rings. The van der Waals surface area contributed by atoms with Crippen LogP contribution in [0.15, 0.2) is 23.1 Å². The Kier molecular flexibility index (Phi) is 4.50. The molecular formula is C20H29N3O3S. The molecule has 1 aromatic rings. The summed E-state index contributed by atoms with van der Waals surface area (Å²) < 4.78 is 27.2. The highest BCUT2D eigenvalue weighted by molar-refractivity contribution is 7.89. The van der Waals surface area contributed by atoms with Crippen LogP contribution in [0.2, 0.25) is 0 Å². The van der Waals surface area contributed by atoms with Gasteiger partial charge in [0.15, 0.2) is 0 Å². The third-order valence-corrected chi connectivity index (χ3v) is 8.97. The molecule has 0 aromatic heterocycles. The molecule has 1 unspecified atom stereocenters. The van der Waals surface area contributed by atoms with Gasteiger partial charge >= 0.3 is 0 Å². The molecule has 1 aliphatic heterocycles. The third-order valence-electron chi connectivity index (χ3n) is 7.03. The van der Waals surface area contributed by atoms with Crippen LogP contribution in [0.3, 0.4) is 0 Å². The maximum atomic E-state index is 13.0. The van der Waals surface area contributed by atoms with Gasteiger partial charge in [0.05, 0.1) is 5.69 Å². The number of benzene rings is 1. The van der Waals surface area contributed by atoms with Crippen molar-refractivity contribution in [2.45, 2.75) is 50.5 Å². The molecule has 2 saturated carbocycles. The van der Waals surface area contributed by atoms with Gasteiger partial charge in [-0.1, -0.05) is 13.8 Å². The summed E-state index contributed by atoms with van der Waals surface area (Å²) in [7, 11) is -1.87. The summed E-state index contributed by atoms with van der Waals surface area (Å²) in [5.74, 6) is 1.03. The largest absolute Gasteiger partial charge is 0.387 e. The zero-order valence-electron chi connectivity index (χ0n) is 16.3. The molecule has 1 aromatic carbocycles. The number of hydrogen-bond donors (Lipinski definition) is 2. The molecule has 6 nitrogen and oxygen atoms in total. The standard InChI is InChI=1S/C20H29N3O3S/c1-20(2)15-7-5-13(11-15)18(20)22-19(24)14-6-8-16(21-3)17(12-14)27(25,26)23-9-4-10-23/h6,8,12-13,15,18,21H,4-5,7,9-11H2,1-3H3,(H,22,24)/t13-,15+,18?/m0/s1. The predicted molar refractivity (Wildman–Crippen MR) is 105 cm³/mol. The van der Waals surface area contributed by atoms with Gasteiger partial charge in [-0.3, -0.25) is 4.79 Å². The molecular weight excluding hydrogens is 362 g/mol. The lowest BCUT2D eigenvalue weighted by molar-refractivity contribution is 0.0837. The van der Waals surface area contributed by atoms with E-state index in [0.29, 0.717) is 36.2 Å². The van der Waals surface area contributed by atoms with Crippen LogP contribution in [0.5, 0.6) is 0 Å². The van der Waals surface area contributed by atoms with E-state index in [4.69, 9.17) is 0 Å². The first-order chi connectivity index (χ1) is 12.7. The Morgan fingerprint density at radius 2 is 1.96 bits per heavy atom. The van der Waals surface area contributed by atoms with Gasteiger partial charge in [0, 0.05) is 31.7 Å². The Bertz CT molecular complexity index is 861. The summed E-state index contributed by atoms with van der Waals surface area (Å²) in [6.45, 7) is 5.57. The van der Waals surface area contributed by atoms with Crippen molar-refractivity contribution in [3.63, 3.8) is 0 Å². The highest BCUT2D eigenvalue weighted by Crippen LogP contribution is 2.55. The van der Waals surface area contributed by atoms with Crippen molar-refractivity contribution in [2.24, 2.45) is 17.3 Å². The highest BCUT2D eigenvalue weighted by atomic mass is 32.2. The smallest absolute Gasteiger partial charge is 0.251 e. The SMILES string of the molecule is CNc1ccc(C(=O)NC2[C@H]3CC[C@H](C3)C2(C)C)cc1S(=O)(=O)N1CCC1. The van der Waals surface area contributed by atoms with Crippen molar-refractivity contribution in [3.8, 4) is 0 Å². The minimum Gasteiger partial charge on any atom is -0.387 e. The number of carbonyl (C=O) groups excluding carboxylic acids is 1. The fourth-order valence-electron chi connectivity index (χ4n) is 5.13. The average Bonchev–Trinajstić information content (AvgIpc) is 3.14. The molecule has 1 amide bonds. The van der Waals surface area contributed by atoms with Crippen LogP contribution < -0.4 is 10.6 Å². The van der Waals surface area contributed by atoms with E-state index in [2.05, 4.69) is 24.5 Å². The molecule has 148 valence electrons. The monoisotopic (exact) mass is 391 g/mol. The molecule has 2 aliphatic carbocycles. The van der Waals surface area contributed by atoms with Gasteiger partial charge in [0.1, 0.15) is 4.90 Å². The number of sulfonamides is 1. The topological polar surface area (TPSA) is 78.5 Å². The maximum absolute atomic E-state index is 13.0. The Morgan fingerprint density at radius 1 is 1.22 bits per heavy atom. The number of carbonyl (C=O) groups is 1. The molecule has 7 heteroatoms. The fraction of sp³-hybridized carbons (Fsp3) is 0.650. The fourth-order valence-corrected chi connectivity index (χ4v) is 6.88. The van der Waals surface area contributed by atoms with Crippen molar-refractivity contribution in [3.05, 3.63) is 23.8 Å². The van der Waals surface area contributed by atoms with E-state index in [9.17, 15) is 13.2 Å².